The Kier molecular flexibility index (Phi) is 4.59. The average Bonchev–Trinajstić information content (AvgIpc) is 2.30. The number of hydrogen-bond donors (Lipinski definition) is 1. The number of carbonyl (C=O) groups is 1. The van der Waals surface area contributed by atoms with E-state index in [-0.39, 0.29) is 17.0 Å². The summed E-state index contributed by atoms with van der Waals surface area (Å²) in [6.07, 6.45) is 0. The number of anilines is 1. The summed E-state index contributed by atoms with van der Waals surface area (Å²) in [4.78, 5) is 20.1. The molecule has 0 unspecified atom stereocenters. The summed E-state index contributed by atoms with van der Waals surface area (Å²) in [6.45, 7) is 1.77. The van der Waals surface area contributed by atoms with Crippen molar-refractivity contribution in [1.82, 2.24) is 9.97 Å². The quantitative estimate of drug-likeness (QED) is 0.605. The first-order chi connectivity index (χ1) is 8.95. The summed E-state index contributed by atoms with van der Waals surface area (Å²) >= 11 is 13.8. The van der Waals surface area contributed by atoms with Gasteiger partial charge in [0, 0.05) is 14.3 Å². The van der Waals surface area contributed by atoms with Crippen LogP contribution in [0.1, 0.15) is 16.1 Å². The van der Waals surface area contributed by atoms with Gasteiger partial charge in [0.1, 0.15) is 5.15 Å². The van der Waals surface area contributed by atoms with Crippen LogP contribution in [-0.2, 0) is 0 Å². The minimum absolute atomic E-state index is 0.172. The van der Waals surface area contributed by atoms with E-state index in [0.717, 1.165) is 3.57 Å². The van der Waals surface area contributed by atoms with E-state index in [0.29, 0.717) is 16.3 Å². The minimum atomic E-state index is -0.325. The fraction of sp³-hybridized carbons (Fsp3) is 0.0833. The van der Waals surface area contributed by atoms with Gasteiger partial charge in [0.15, 0.2) is 0 Å². The third-order valence-corrected chi connectivity index (χ3v) is 3.59. The lowest BCUT2D eigenvalue weighted by atomic mass is 10.2. The molecule has 0 spiro atoms. The molecule has 0 radical (unpaired) electrons. The van der Waals surface area contributed by atoms with Crippen molar-refractivity contribution in [3.05, 3.63) is 49.3 Å². The van der Waals surface area contributed by atoms with Crippen molar-refractivity contribution in [3.63, 3.8) is 0 Å². The van der Waals surface area contributed by atoms with E-state index in [4.69, 9.17) is 23.2 Å². The molecule has 19 heavy (non-hydrogen) atoms. The topological polar surface area (TPSA) is 54.9 Å². The number of amides is 1. The van der Waals surface area contributed by atoms with Crippen LogP contribution >= 0.6 is 45.8 Å². The van der Waals surface area contributed by atoms with Crippen molar-refractivity contribution >= 4 is 57.6 Å². The van der Waals surface area contributed by atoms with Crippen LogP contribution in [0, 0.1) is 10.5 Å². The van der Waals surface area contributed by atoms with Crippen molar-refractivity contribution in [3.8, 4) is 0 Å². The number of halogens is 3. The van der Waals surface area contributed by atoms with Gasteiger partial charge in [-0.15, -0.1) is 0 Å². The van der Waals surface area contributed by atoms with Crippen LogP contribution in [0.15, 0.2) is 24.3 Å². The maximum atomic E-state index is 12.1. The fourth-order valence-corrected chi connectivity index (χ4v) is 2.42. The highest BCUT2D eigenvalue weighted by Gasteiger charge is 2.12. The molecule has 1 amide bonds. The van der Waals surface area contributed by atoms with Crippen LogP contribution in [0.25, 0.3) is 0 Å². The van der Waals surface area contributed by atoms with Crippen LogP contribution in [0.5, 0.6) is 0 Å². The largest absolute Gasteiger partial charge is 0.290 e. The molecule has 1 N–H and O–H groups in total. The van der Waals surface area contributed by atoms with Crippen LogP contribution in [-0.4, -0.2) is 15.9 Å². The molecule has 0 atom stereocenters. The molecule has 0 fully saturated rings. The predicted molar refractivity (Wildman–Crippen MR) is 83.9 cm³/mol. The highest BCUT2D eigenvalue weighted by molar-refractivity contribution is 14.1. The number of benzene rings is 1. The van der Waals surface area contributed by atoms with Gasteiger partial charge in [-0.05, 0) is 53.8 Å². The molecule has 1 aromatic carbocycles. The molecular weight excluding hydrogens is 400 g/mol. The van der Waals surface area contributed by atoms with E-state index in [1.807, 2.05) is 0 Å². The molecule has 98 valence electrons. The first-order valence-electron chi connectivity index (χ1n) is 5.23. The van der Waals surface area contributed by atoms with E-state index >= 15 is 0 Å². The first-order valence-corrected chi connectivity index (χ1v) is 7.07. The van der Waals surface area contributed by atoms with Gasteiger partial charge in [-0.2, -0.15) is 0 Å². The van der Waals surface area contributed by atoms with Crippen LogP contribution in [0.4, 0.5) is 5.95 Å². The lowest BCUT2D eigenvalue weighted by molar-refractivity contribution is 0.102. The van der Waals surface area contributed by atoms with Gasteiger partial charge in [0.25, 0.3) is 5.91 Å². The predicted octanol–water partition coefficient (Wildman–Crippen LogP) is 3.95. The van der Waals surface area contributed by atoms with E-state index in [2.05, 4.69) is 37.9 Å². The number of aryl methyl sites for hydroxylation is 1. The molecule has 0 saturated heterocycles. The summed E-state index contributed by atoms with van der Waals surface area (Å²) in [6, 6.07) is 6.69. The molecule has 0 bridgehead atoms. The Bertz CT molecular complexity index is 629. The van der Waals surface area contributed by atoms with E-state index in [1.54, 1.807) is 31.2 Å². The highest BCUT2D eigenvalue weighted by atomic mass is 127. The van der Waals surface area contributed by atoms with E-state index < -0.39 is 0 Å². The van der Waals surface area contributed by atoms with E-state index in [9.17, 15) is 4.79 Å². The monoisotopic (exact) mass is 407 g/mol. The normalized spacial score (nSPS) is 10.3. The molecule has 0 saturated carbocycles. The average molecular weight is 408 g/mol. The SMILES string of the molecule is Cc1cc(Cl)nc(NC(=O)c2cc(Cl)ccc2I)n1. The minimum Gasteiger partial charge on any atom is -0.290 e. The lowest BCUT2D eigenvalue weighted by Gasteiger charge is -2.07. The van der Waals surface area contributed by atoms with Gasteiger partial charge in [0.2, 0.25) is 5.95 Å². The maximum Gasteiger partial charge on any atom is 0.259 e. The highest BCUT2D eigenvalue weighted by Crippen LogP contribution is 2.19. The summed E-state index contributed by atoms with van der Waals surface area (Å²) in [5.74, 6) is -0.153. The van der Waals surface area contributed by atoms with Crippen LogP contribution < -0.4 is 5.32 Å². The third kappa shape index (κ3) is 3.77. The van der Waals surface area contributed by atoms with Gasteiger partial charge in [-0.1, -0.05) is 23.2 Å². The fourth-order valence-electron chi connectivity index (χ4n) is 1.43. The van der Waals surface area contributed by atoms with Gasteiger partial charge in [-0.25, -0.2) is 9.97 Å². The van der Waals surface area contributed by atoms with Crippen LogP contribution in [0.3, 0.4) is 0 Å². The van der Waals surface area contributed by atoms with Crippen LogP contribution in [0.2, 0.25) is 10.2 Å². The molecule has 4 nitrogen and oxygen atoms in total. The standard InChI is InChI=1S/C12H8Cl2IN3O/c1-6-4-10(14)17-12(16-6)18-11(19)8-5-7(13)2-3-9(8)15/h2-5H,1H3,(H,16,17,18,19). The molecule has 0 aliphatic carbocycles. The van der Waals surface area contributed by atoms with Gasteiger partial charge >= 0.3 is 0 Å². The molecule has 2 rings (SSSR count). The van der Waals surface area contributed by atoms with Gasteiger partial charge in [-0.3, -0.25) is 10.1 Å². The molecule has 7 heteroatoms. The molecule has 0 aliphatic heterocycles. The van der Waals surface area contributed by atoms with Gasteiger partial charge in [0.05, 0.1) is 5.56 Å². The zero-order valence-corrected chi connectivity index (χ0v) is 13.4. The summed E-state index contributed by atoms with van der Waals surface area (Å²) in [5.41, 5.74) is 1.14. The second-order valence-electron chi connectivity index (χ2n) is 3.73. The van der Waals surface area contributed by atoms with E-state index in [1.165, 1.54) is 0 Å². The Balaban J connectivity index is 2.28. The zero-order valence-electron chi connectivity index (χ0n) is 9.75. The van der Waals surface area contributed by atoms with Crippen molar-refractivity contribution in [2.75, 3.05) is 5.32 Å². The van der Waals surface area contributed by atoms with Crippen molar-refractivity contribution in [2.24, 2.45) is 0 Å². The molecule has 1 heterocycles. The summed E-state index contributed by atoms with van der Waals surface area (Å²) in [5, 5.41) is 3.37. The molecule has 1 aromatic heterocycles. The molecule has 2 aromatic rings. The molecule has 0 aliphatic rings. The second kappa shape index (κ2) is 6.02. The Hall–Kier alpha value is -0.920. The lowest BCUT2D eigenvalue weighted by Crippen LogP contribution is -2.15. The number of carbonyl (C=O) groups excluding carboxylic acids is 1. The Morgan fingerprint density at radius 3 is 2.68 bits per heavy atom. The first kappa shape index (κ1) is 14.5. The number of hydrogen-bond acceptors (Lipinski definition) is 3. The molecular formula is C12H8Cl2IN3O. The number of aromatic nitrogens is 2. The smallest absolute Gasteiger partial charge is 0.259 e. The van der Waals surface area contributed by atoms with Crippen molar-refractivity contribution in [1.29, 1.82) is 0 Å². The second-order valence-corrected chi connectivity index (χ2v) is 5.72. The number of nitrogens with zero attached hydrogens (tertiary/aromatic N) is 2. The Labute approximate surface area is 133 Å². The van der Waals surface area contributed by atoms with Crippen molar-refractivity contribution < 1.29 is 4.79 Å². The summed E-state index contributed by atoms with van der Waals surface area (Å²) < 4.78 is 0.790. The summed E-state index contributed by atoms with van der Waals surface area (Å²) in [7, 11) is 0. The third-order valence-electron chi connectivity index (χ3n) is 2.22. The zero-order chi connectivity index (χ0) is 14.0. The number of nitrogens with one attached hydrogen (secondary N) is 1. The van der Waals surface area contributed by atoms with Gasteiger partial charge < -0.3 is 0 Å². The maximum absolute atomic E-state index is 12.1. The Morgan fingerprint density at radius 2 is 2.00 bits per heavy atom. The number of rotatable bonds is 2. The Morgan fingerprint density at radius 1 is 1.26 bits per heavy atom. The van der Waals surface area contributed by atoms with Crippen molar-refractivity contribution in [2.45, 2.75) is 6.92 Å².